The third-order valence-electron chi connectivity index (χ3n) is 4.50. The van der Waals surface area contributed by atoms with Crippen molar-refractivity contribution in [1.82, 2.24) is 10.0 Å². The third kappa shape index (κ3) is 5.79. The van der Waals surface area contributed by atoms with Crippen LogP contribution >= 0.6 is 11.6 Å². The zero-order valence-electron chi connectivity index (χ0n) is 16.7. The molecule has 9 heteroatoms. The summed E-state index contributed by atoms with van der Waals surface area (Å²) in [6, 6.07) is 10.2. The van der Waals surface area contributed by atoms with Gasteiger partial charge in [0, 0.05) is 16.8 Å². The van der Waals surface area contributed by atoms with Crippen LogP contribution < -0.4 is 15.4 Å². The van der Waals surface area contributed by atoms with Crippen molar-refractivity contribution in [3.8, 4) is 0 Å². The summed E-state index contributed by atoms with van der Waals surface area (Å²) in [7, 11) is -2.43. The Labute approximate surface area is 175 Å². The number of hydrogen-bond donors (Lipinski definition) is 3. The average molecular weight is 438 g/mol. The first kappa shape index (κ1) is 22.9. The van der Waals surface area contributed by atoms with Crippen LogP contribution in [0.15, 0.2) is 47.4 Å². The number of rotatable bonds is 7. The molecule has 0 radical (unpaired) electrons. The molecule has 3 N–H and O–H groups in total. The van der Waals surface area contributed by atoms with Crippen molar-refractivity contribution in [2.45, 2.75) is 37.6 Å². The molecule has 0 saturated heterocycles. The lowest BCUT2D eigenvalue weighted by molar-refractivity contribution is 0.0910. The van der Waals surface area contributed by atoms with Gasteiger partial charge in [-0.3, -0.25) is 9.59 Å². The fourth-order valence-corrected chi connectivity index (χ4v) is 3.29. The highest BCUT2D eigenvalue weighted by Crippen LogP contribution is 2.22. The highest BCUT2D eigenvalue weighted by Gasteiger charge is 2.20. The minimum atomic E-state index is -3.71. The summed E-state index contributed by atoms with van der Waals surface area (Å²) < 4.78 is 26.1. The number of halogens is 1. The second-order valence-electron chi connectivity index (χ2n) is 7.07. The highest BCUT2D eigenvalue weighted by atomic mass is 35.5. The van der Waals surface area contributed by atoms with Gasteiger partial charge in [-0.15, -0.1) is 0 Å². The molecule has 0 unspecified atom stereocenters. The van der Waals surface area contributed by atoms with E-state index in [0.29, 0.717) is 11.3 Å². The standard InChI is InChI=1S/C20H24ClN3O4S/c1-5-20(2,3)24-18(25)13-6-8-14(9-7-13)23-19(26)16-12-15(10-11-17(16)21)29(27,28)22-4/h6-12,22H,5H2,1-4H3,(H,23,26)(H,24,25). The van der Waals surface area contributed by atoms with Gasteiger partial charge >= 0.3 is 0 Å². The van der Waals surface area contributed by atoms with E-state index >= 15 is 0 Å². The van der Waals surface area contributed by atoms with Gasteiger partial charge in [-0.05, 0) is 69.8 Å². The molecule has 2 aromatic carbocycles. The second kappa shape index (κ2) is 8.94. The minimum Gasteiger partial charge on any atom is -0.347 e. The summed E-state index contributed by atoms with van der Waals surface area (Å²) in [5.74, 6) is -0.768. The van der Waals surface area contributed by atoms with E-state index in [2.05, 4.69) is 15.4 Å². The van der Waals surface area contributed by atoms with Crippen molar-refractivity contribution < 1.29 is 18.0 Å². The van der Waals surface area contributed by atoms with Gasteiger partial charge < -0.3 is 10.6 Å². The number of carbonyl (C=O) groups is 2. The maximum Gasteiger partial charge on any atom is 0.257 e. The summed E-state index contributed by atoms with van der Waals surface area (Å²) in [5, 5.41) is 5.71. The molecule has 0 bridgehead atoms. The first-order chi connectivity index (χ1) is 13.5. The van der Waals surface area contributed by atoms with Crippen LogP contribution in [0.1, 0.15) is 47.9 Å². The molecule has 156 valence electrons. The molecule has 2 amide bonds. The summed E-state index contributed by atoms with van der Waals surface area (Å²) in [5.41, 5.74) is 0.609. The normalized spacial score (nSPS) is 11.8. The van der Waals surface area contributed by atoms with Crippen molar-refractivity contribution in [2.75, 3.05) is 12.4 Å². The Balaban J connectivity index is 2.18. The van der Waals surface area contributed by atoms with E-state index < -0.39 is 15.9 Å². The fourth-order valence-electron chi connectivity index (χ4n) is 2.33. The second-order valence-corrected chi connectivity index (χ2v) is 9.37. The largest absolute Gasteiger partial charge is 0.347 e. The predicted octanol–water partition coefficient (Wildman–Crippen LogP) is 3.42. The SMILES string of the molecule is CCC(C)(C)NC(=O)c1ccc(NC(=O)c2cc(S(=O)(=O)NC)ccc2Cl)cc1. The number of hydrogen-bond acceptors (Lipinski definition) is 4. The van der Waals surface area contributed by atoms with Crippen LogP contribution in [0.3, 0.4) is 0 Å². The maximum absolute atomic E-state index is 12.6. The molecule has 0 aliphatic rings. The van der Waals surface area contributed by atoms with Crippen molar-refractivity contribution in [2.24, 2.45) is 0 Å². The van der Waals surface area contributed by atoms with Gasteiger partial charge in [0.05, 0.1) is 15.5 Å². The summed E-state index contributed by atoms with van der Waals surface area (Å²) in [4.78, 5) is 24.8. The molecule has 0 atom stereocenters. The lowest BCUT2D eigenvalue weighted by atomic mass is 10.0. The molecule has 7 nitrogen and oxygen atoms in total. The van der Waals surface area contributed by atoms with E-state index in [0.717, 1.165) is 6.42 Å². The Morgan fingerprint density at radius 1 is 1.03 bits per heavy atom. The zero-order chi connectivity index (χ0) is 21.8. The molecule has 29 heavy (non-hydrogen) atoms. The molecule has 0 aromatic heterocycles. The lowest BCUT2D eigenvalue weighted by Gasteiger charge is -2.24. The van der Waals surface area contributed by atoms with Crippen molar-refractivity contribution in [3.63, 3.8) is 0 Å². The van der Waals surface area contributed by atoms with E-state index in [1.54, 1.807) is 24.3 Å². The van der Waals surface area contributed by atoms with Crippen LogP contribution in [0.4, 0.5) is 5.69 Å². The van der Waals surface area contributed by atoms with Crippen LogP contribution in [-0.4, -0.2) is 32.8 Å². The molecule has 0 fully saturated rings. The number of nitrogens with one attached hydrogen (secondary N) is 3. The molecule has 0 heterocycles. The van der Waals surface area contributed by atoms with Crippen molar-refractivity contribution in [3.05, 3.63) is 58.6 Å². The molecular weight excluding hydrogens is 414 g/mol. The maximum atomic E-state index is 12.6. The molecule has 2 aromatic rings. The van der Waals surface area contributed by atoms with E-state index in [1.165, 1.54) is 25.2 Å². The van der Waals surface area contributed by atoms with Gasteiger partial charge in [0.2, 0.25) is 10.0 Å². The lowest BCUT2D eigenvalue weighted by Crippen LogP contribution is -2.42. The quantitative estimate of drug-likeness (QED) is 0.617. The Hall–Kier alpha value is -2.42. The summed E-state index contributed by atoms with van der Waals surface area (Å²) in [6.07, 6.45) is 0.788. The number of anilines is 1. The van der Waals surface area contributed by atoms with Gasteiger partial charge in [-0.25, -0.2) is 13.1 Å². The summed E-state index contributed by atoms with van der Waals surface area (Å²) in [6.45, 7) is 5.86. The topological polar surface area (TPSA) is 104 Å². The first-order valence-electron chi connectivity index (χ1n) is 8.96. The van der Waals surface area contributed by atoms with Gasteiger partial charge in [0.25, 0.3) is 11.8 Å². The first-order valence-corrected chi connectivity index (χ1v) is 10.8. The molecule has 2 rings (SSSR count). The molecule has 0 saturated carbocycles. The number of benzene rings is 2. The van der Waals surface area contributed by atoms with E-state index in [-0.39, 0.29) is 26.9 Å². The Kier molecular flexibility index (Phi) is 7.05. The van der Waals surface area contributed by atoms with Crippen LogP contribution in [0.2, 0.25) is 5.02 Å². The number of amides is 2. The molecule has 0 aliphatic carbocycles. The number of sulfonamides is 1. The van der Waals surface area contributed by atoms with Crippen molar-refractivity contribution in [1.29, 1.82) is 0 Å². The van der Waals surface area contributed by atoms with Crippen LogP contribution in [-0.2, 0) is 10.0 Å². The van der Waals surface area contributed by atoms with Crippen molar-refractivity contribution >= 4 is 39.1 Å². The molecule has 0 aliphatic heterocycles. The Bertz CT molecular complexity index is 1020. The number of carbonyl (C=O) groups excluding carboxylic acids is 2. The van der Waals surface area contributed by atoms with E-state index in [9.17, 15) is 18.0 Å². The van der Waals surface area contributed by atoms with Gasteiger partial charge in [0.1, 0.15) is 0 Å². The van der Waals surface area contributed by atoms with Gasteiger partial charge in [0.15, 0.2) is 0 Å². The monoisotopic (exact) mass is 437 g/mol. The van der Waals surface area contributed by atoms with Gasteiger partial charge in [-0.2, -0.15) is 0 Å². The average Bonchev–Trinajstić information content (AvgIpc) is 2.68. The van der Waals surface area contributed by atoms with E-state index in [4.69, 9.17) is 11.6 Å². The van der Waals surface area contributed by atoms with Crippen LogP contribution in [0.25, 0.3) is 0 Å². The van der Waals surface area contributed by atoms with Gasteiger partial charge in [-0.1, -0.05) is 18.5 Å². The third-order valence-corrected chi connectivity index (χ3v) is 6.24. The Morgan fingerprint density at radius 2 is 1.66 bits per heavy atom. The molecular formula is C20H24ClN3O4S. The zero-order valence-corrected chi connectivity index (χ0v) is 18.2. The van der Waals surface area contributed by atoms with Crippen LogP contribution in [0, 0.1) is 0 Å². The summed E-state index contributed by atoms with van der Waals surface area (Å²) >= 11 is 6.06. The Morgan fingerprint density at radius 3 is 2.21 bits per heavy atom. The smallest absolute Gasteiger partial charge is 0.257 e. The predicted molar refractivity (Wildman–Crippen MR) is 114 cm³/mol. The molecule has 0 spiro atoms. The highest BCUT2D eigenvalue weighted by molar-refractivity contribution is 7.89. The fraction of sp³-hybridized carbons (Fsp3) is 0.300. The minimum absolute atomic E-state index is 0.0227. The van der Waals surface area contributed by atoms with E-state index in [1.807, 2.05) is 20.8 Å². The van der Waals surface area contributed by atoms with Crippen LogP contribution in [0.5, 0.6) is 0 Å².